The fourth-order valence-corrected chi connectivity index (χ4v) is 3.91. The predicted octanol–water partition coefficient (Wildman–Crippen LogP) is 2.83. The van der Waals surface area contributed by atoms with Gasteiger partial charge in [0.05, 0.1) is 23.8 Å². The smallest absolute Gasteiger partial charge is 0.387 e. The lowest BCUT2D eigenvalue weighted by atomic mass is 9.96. The largest absolute Gasteiger partial charge is 0.438 e. The van der Waals surface area contributed by atoms with Gasteiger partial charge in [0.2, 0.25) is 5.88 Å². The molecule has 1 amide bonds. The molecule has 2 unspecified atom stereocenters. The summed E-state index contributed by atoms with van der Waals surface area (Å²) in [5.41, 5.74) is 13.5. The Hall–Kier alpha value is -3.47. The molecular weight excluding hydrogens is 410 g/mol. The van der Waals surface area contributed by atoms with Crippen LogP contribution in [0.25, 0.3) is 11.1 Å². The molecule has 1 aliphatic heterocycles. The van der Waals surface area contributed by atoms with Crippen molar-refractivity contribution in [2.45, 2.75) is 26.0 Å². The number of piperidine rings is 1. The average molecular weight is 432 g/mol. The van der Waals surface area contributed by atoms with Crippen molar-refractivity contribution >= 4 is 34.3 Å². The lowest BCUT2D eigenvalue weighted by molar-refractivity contribution is -0.0500. The van der Waals surface area contributed by atoms with Crippen molar-refractivity contribution in [2.24, 2.45) is 11.7 Å². The van der Waals surface area contributed by atoms with E-state index in [1.54, 1.807) is 12.4 Å². The molecule has 0 bridgehead atoms. The van der Waals surface area contributed by atoms with Crippen molar-refractivity contribution in [3.8, 4) is 5.75 Å². The van der Waals surface area contributed by atoms with Gasteiger partial charge in [0.15, 0.2) is 5.58 Å². The van der Waals surface area contributed by atoms with Gasteiger partial charge in [-0.05, 0) is 18.4 Å². The van der Waals surface area contributed by atoms with Gasteiger partial charge in [0.1, 0.15) is 16.8 Å². The van der Waals surface area contributed by atoms with Gasteiger partial charge in [-0.2, -0.15) is 8.78 Å². The maximum absolute atomic E-state index is 13.0. The minimum Gasteiger partial charge on any atom is -0.438 e. The van der Waals surface area contributed by atoms with Crippen LogP contribution in [0.15, 0.2) is 35.1 Å². The Balaban J connectivity index is 1.62. The Morgan fingerprint density at radius 2 is 2.19 bits per heavy atom. The number of nitrogens with zero attached hydrogens (tertiary/aromatic N) is 3. The highest BCUT2D eigenvalue weighted by atomic mass is 19.3. The highest BCUT2D eigenvalue weighted by molar-refractivity contribution is 6.15. The molecule has 0 spiro atoms. The highest BCUT2D eigenvalue weighted by Gasteiger charge is 2.26. The number of pyridine rings is 2. The van der Waals surface area contributed by atoms with E-state index >= 15 is 0 Å². The molecule has 3 aromatic heterocycles. The molecule has 11 heteroatoms. The Morgan fingerprint density at radius 1 is 1.39 bits per heavy atom. The van der Waals surface area contributed by atoms with Crippen LogP contribution in [0, 0.1) is 5.92 Å². The van der Waals surface area contributed by atoms with Crippen LogP contribution in [0.1, 0.15) is 23.7 Å². The van der Waals surface area contributed by atoms with Gasteiger partial charge in [-0.1, -0.05) is 6.92 Å². The summed E-state index contributed by atoms with van der Waals surface area (Å²) in [6, 6.07) is 3.04. The third kappa shape index (κ3) is 4.36. The minimum atomic E-state index is -3.01. The number of anilines is 3. The summed E-state index contributed by atoms with van der Waals surface area (Å²) < 4.78 is 34.5. The predicted molar refractivity (Wildman–Crippen MR) is 111 cm³/mol. The summed E-state index contributed by atoms with van der Waals surface area (Å²) in [5, 5.41) is 2.80. The molecule has 1 saturated heterocycles. The van der Waals surface area contributed by atoms with Crippen LogP contribution >= 0.6 is 0 Å². The standard InChI is InChI=1S/C20H22F2N6O3/c1-10-4-11(23)9-28(8-10)14-2-3-25-7-13(14)27-19(29)16-17-15(31-18(16)24)5-12(6-26-17)30-20(21)22/h2-3,5-7,10-11,20H,4,8-9,23-24H2,1H3,(H,27,29). The van der Waals surface area contributed by atoms with Gasteiger partial charge >= 0.3 is 6.61 Å². The molecule has 9 nitrogen and oxygen atoms in total. The second kappa shape index (κ2) is 8.34. The number of alkyl halides is 2. The molecule has 31 heavy (non-hydrogen) atoms. The fourth-order valence-electron chi connectivity index (χ4n) is 3.91. The molecule has 2 atom stereocenters. The van der Waals surface area contributed by atoms with Crippen molar-refractivity contribution < 1.29 is 22.7 Å². The van der Waals surface area contributed by atoms with Crippen LogP contribution in [-0.4, -0.2) is 41.6 Å². The molecule has 3 aromatic rings. The Labute approximate surface area is 176 Å². The topological polar surface area (TPSA) is 133 Å². The number of nitrogens with two attached hydrogens (primary N) is 2. The van der Waals surface area contributed by atoms with Gasteiger partial charge in [0, 0.05) is 31.4 Å². The molecule has 164 valence electrons. The third-order valence-electron chi connectivity index (χ3n) is 5.06. The van der Waals surface area contributed by atoms with E-state index in [4.69, 9.17) is 15.9 Å². The van der Waals surface area contributed by atoms with Crippen molar-refractivity contribution in [1.29, 1.82) is 0 Å². The number of halogens is 2. The molecule has 0 aromatic carbocycles. The first-order chi connectivity index (χ1) is 14.8. The van der Waals surface area contributed by atoms with Crippen LogP contribution in [-0.2, 0) is 0 Å². The van der Waals surface area contributed by atoms with E-state index in [2.05, 4.69) is 31.8 Å². The quantitative estimate of drug-likeness (QED) is 0.561. The Bertz CT molecular complexity index is 1100. The summed E-state index contributed by atoms with van der Waals surface area (Å²) in [6.07, 6.45) is 5.19. The maximum Gasteiger partial charge on any atom is 0.387 e. The first-order valence-corrected chi connectivity index (χ1v) is 9.70. The number of nitrogens with one attached hydrogen (secondary N) is 1. The monoisotopic (exact) mass is 432 g/mol. The summed E-state index contributed by atoms with van der Waals surface area (Å²) in [6.45, 7) is 0.569. The number of fused-ring (bicyclic) bond motifs is 1. The lowest BCUT2D eigenvalue weighted by Crippen LogP contribution is -2.46. The number of furan rings is 1. The number of hydrogen-bond donors (Lipinski definition) is 3. The number of amides is 1. The van der Waals surface area contributed by atoms with Gasteiger partial charge in [-0.25, -0.2) is 4.98 Å². The first-order valence-electron chi connectivity index (χ1n) is 9.70. The van der Waals surface area contributed by atoms with E-state index in [9.17, 15) is 13.6 Å². The Kier molecular flexibility index (Phi) is 5.59. The zero-order valence-corrected chi connectivity index (χ0v) is 16.7. The van der Waals surface area contributed by atoms with Crippen molar-refractivity contribution in [2.75, 3.05) is 29.0 Å². The van der Waals surface area contributed by atoms with E-state index in [1.807, 2.05) is 6.07 Å². The van der Waals surface area contributed by atoms with Gasteiger partial charge in [-0.3, -0.25) is 9.78 Å². The van der Waals surface area contributed by atoms with Crippen molar-refractivity contribution in [1.82, 2.24) is 9.97 Å². The molecule has 0 saturated carbocycles. The fraction of sp³-hybridized carbons (Fsp3) is 0.350. The number of carbonyl (C=O) groups excluding carboxylic acids is 1. The molecule has 0 aliphatic carbocycles. The summed E-state index contributed by atoms with van der Waals surface area (Å²) in [5.74, 6) is -0.542. The van der Waals surface area contributed by atoms with E-state index in [1.165, 1.54) is 6.07 Å². The SMILES string of the molecule is CC1CC(N)CN(c2ccncc2NC(=O)c2c(N)oc3cc(OC(F)F)cnc23)C1. The lowest BCUT2D eigenvalue weighted by Gasteiger charge is -2.37. The second-order valence-corrected chi connectivity index (χ2v) is 7.59. The van der Waals surface area contributed by atoms with E-state index in [0.717, 1.165) is 24.8 Å². The molecule has 1 fully saturated rings. The molecule has 5 N–H and O–H groups in total. The average Bonchev–Trinajstić information content (AvgIpc) is 3.02. The van der Waals surface area contributed by atoms with E-state index < -0.39 is 12.5 Å². The van der Waals surface area contributed by atoms with Crippen LogP contribution in [0.5, 0.6) is 5.75 Å². The zero-order valence-electron chi connectivity index (χ0n) is 16.7. The molecule has 1 aliphatic rings. The maximum atomic E-state index is 13.0. The Morgan fingerprint density at radius 3 is 2.94 bits per heavy atom. The first kappa shape index (κ1) is 20.8. The van der Waals surface area contributed by atoms with Gasteiger partial charge < -0.3 is 30.8 Å². The van der Waals surface area contributed by atoms with Crippen LogP contribution in [0.3, 0.4) is 0 Å². The van der Waals surface area contributed by atoms with Crippen LogP contribution in [0.4, 0.5) is 26.0 Å². The van der Waals surface area contributed by atoms with E-state index in [0.29, 0.717) is 18.2 Å². The van der Waals surface area contributed by atoms with Crippen LogP contribution in [0.2, 0.25) is 0 Å². The van der Waals surface area contributed by atoms with Gasteiger partial charge in [0.25, 0.3) is 5.91 Å². The highest BCUT2D eigenvalue weighted by Crippen LogP contribution is 2.32. The van der Waals surface area contributed by atoms with E-state index in [-0.39, 0.29) is 34.3 Å². The number of hydrogen-bond acceptors (Lipinski definition) is 8. The number of ether oxygens (including phenoxy) is 1. The number of nitrogen functional groups attached to an aromatic ring is 1. The zero-order chi connectivity index (χ0) is 22.1. The summed E-state index contributed by atoms with van der Waals surface area (Å²) in [4.78, 5) is 23.3. The second-order valence-electron chi connectivity index (χ2n) is 7.59. The molecule has 0 radical (unpaired) electrons. The normalized spacial score (nSPS) is 19.1. The third-order valence-corrected chi connectivity index (χ3v) is 5.06. The molecule has 4 rings (SSSR count). The number of rotatable bonds is 5. The van der Waals surface area contributed by atoms with Crippen molar-refractivity contribution in [3.63, 3.8) is 0 Å². The summed E-state index contributed by atoms with van der Waals surface area (Å²) in [7, 11) is 0. The van der Waals surface area contributed by atoms with Gasteiger partial charge in [-0.15, -0.1) is 0 Å². The minimum absolute atomic E-state index is 0.00267. The summed E-state index contributed by atoms with van der Waals surface area (Å²) >= 11 is 0. The number of carbonyl (C=O) groups is 1. The molecular formula is C20H22F2N6O3. The van der Waals surface area contributed by atoms with Crippen LogP contribution < -0.4 is 26.4 Å². The van der Waals surface area contributed by atoms with Crippen molar-refractivity contribution in [3.05, 3.63) is 36.3 Å². The number of aromatic nitrogens is 2. The molecule has 4 heterocycles.